The van der Waals surface area contributed by atoms with Crippen molar-refractivity contribution in [2.45, 2.75) is 45.0 Å². The number of nitrogens with zero attached hydrogens (tertiary/aromatic N) is 3. The summed E-state index contributed by atoms with van der Waals surface area (Å²) in [5.41, 5.74) is 0.724. The number of carbonyl (C=O) groups excluding carboxylic acids is 1. The van der Waals surface area contributed by atoms with Gasteiger partial charge in [-0.3, -0.25) is 4.79 Å². The minimum absolute atomic E-state index is 0.00697. The fraction of sp³-hybridized carbons (Fsp3) is 0.421. The molecule has 9 heteroatoms. The first kappa shape index (κ1) is 22.1. The van der Waals surface area contributed by atoms with E-state index < -0.39 is 18.1 Å². The van der Waals surface area contributed by atoms with Gasteiger partial charge in [-0.15, -0.1) is 0 Å². The maximum Gasteiger partial charge on any atom is 0.300 e. The Bertz CT molecular complexity index is 798. The Morgan fingerprint density at radius 3 is 2.68 bits per heavy atom. The van der Waals surface area contributed by atoms with E-state index in [1.54, 1.807) is 4.90 Å². The van der Waals surface area contributed by atoms with Crippen molar-refractivity contribution < 1.29 is 22.5 Å². The highest BCUT2D eigenvalue weighted by atomic mass is 79.9. The molecule has 28 heavy (non-hydrogen) atoms. The van der Waals surface area contributed by atoms with E-state index in [1.165, 1.54) is 0 Å². The number of hydrogen-bond acceptors (Lipinski definition) is 4. The summed E-state index contributed by atoms with van der Waals surface area (Å²) in [5.74, 6) is -1.13. The number of aryl methyl sites for hydroxylation is 1. The van der Waals surface area contributed by atoms with E-state index in [0.717, 1.165) is 16.6 Å². The molecule has 0 aliphatic heterocycles. The first-order chi connectivity index (χ1) is 13.4. The average molecular weight is 460 g/mol. The van der Waals surface area contributed by atoms with Crippen LogP contribution in [0.15, 0.2) is 45.7 Å². The minimum atomic E-state index is -2.75. The van der Waals surface area contributed by atoms with E-state index in [2.05, 4.69) is 32.6 Å². The average Bonchev–Trinajstić information content (AvgIpc) is 3.12. The largest absolute Gasteiger partial charge is 0.339 e. The molecule has 0 aliphatic rings. The molecule has 0 aliphatic carbocycles. The number of aromatic nitrogens is 2. The zero-order valence-corrected chi connectivity index (χ0v) is 16.8. The normalized spacial score (nSPS) is 11.0. The van der Waals surface area contributed by atoms with Crippen molar-refractivity contribution in [2.24, 2.45) is 0 Å². The van der Waals surface area contributed by atoms with Gasteiger partial charge >= 0.3 is 6.43 Å². The molecule has 0 saturated carbocycles. The highest BCUT2D eigenvalue weighted by Gasteiger charge is 2.17. The number of carbonyl (C=O) groups is 1. The molecule has 1 aromatic heterocycles. The molecule has 0 saturated heterocycles. The van der Waals surface area contributed by atoms with Crippen molar-refractivity contribution in [2.75, 3.05) is 11.4 Å². The number of alkyl halides is 2. The van der Waals surface area contributed by atoms with E-state index in [9.17, 15) is 18.0 Å². The molecule has 2 rings (SSSR count). The fourth-order valence-electron chi connectivity index (χ4n) is 2.60. The summed E-state index contributed by atoms with van der Waals surface area (Å²) in [6.07, 6.45) is -0.237. The third-order valence-electron chi connectivity index (χ3n) is 3.98. The minimum Gasteiger partial charge on any atom is -0.339 e. The van der Waals surface area contributed by atoms with Gasteiger partial charge in [-0.1, -0.05) is 40.2 Å². The van der Waals surface area contributed by atoms with Crippen LogP contribution >= 0.6 is 15.9 Å². The van der Waals surface area contributed by atoms with Crippen LogP contribution in [0.3, 0.4) is 0 Å². The third-order valence-corrected chi connectivity index (χ3v) is 4.48. The summed E-state index contributed by atoms with van der Waals surface area (Å²) in [6, 6.07) is 7.32. The number of rotatable bonds is 11. The zero-order valence-electron chi connectivity index (χ0n) is 15.2. The van der Waals surface area contributed by atoms with Gasteiger partial charge < -0.3 is 9.42 Å². The summed E-state index contributed by atoms with van der Waals surface area (Å²) in [4.78, 5) is 17.8. The van der Waals surface area contributed by atoms with E-state index in [1.807, 2.05) is 24.3 Å². The van der Waals surface area contributed by atoms with Gasteiger partial charge in [0.05, 0.1) is 5.83 Å². The van der Waals surface area contributed by atoms with Crippen LogP contribution in [-0.2, 0) is 11.2 Å². The van der Waals surface area contributed by atoms with Crippen LogP contribution in [0, 0.1) is 0 Å². The first-order valence-corrected chi connectivity index (χ1v) is 9.66. The monoisotopic (exact) mass is 459 g/mol. The number of halogens is 4. The topological polar surface area (TPSA) is 59.2 Å². The predicted molar refractivity (Wildman–Crippen MR) is 103 cm³/mol. The van der Waals surface area contributed by atoms with Crippen LogP contribution in [0.2, 0.25) is 0 Å². The molecule has 0 atom stereocenters. The Kier molecular flexibility index (Phi) is 8.69. The Labute approximate surface area is 169 Å². The van der Waals surface area contributed by atoms with Crippen LogP contribution < -0.4 is 4.90 Å². The SMILES string of the molecule is C=C(F)CCC(=O)N(CCCCCc1nc(C(F)F)no1)c1cccc(Br)c1. The number of benzene rings is 1. The Hall–Kier alpha value is -2.16. The lowest BCUT2D eigenvalue weighted by Gasteiger charge is -2.23. The van der Waals surface area contributed by atoms with Crippen molar-refractivity contribution in [1.29, 1.82) is 0 Å². The second kappa shape index (κ2) is 11.0. The summed E-state index contributed by atoms with van der Waals surface area (Å²) in [7, 11) is 0. The molecule has 1 heterocycles. The van der Waals surface area contributed by atoms with Gasteiger partial charge in [0, 0.05) is 36.0 Å². The number of anilines is 1. The highest BCUT2D eigenvalue weighted by Crippen LogP contribution is 2.22. The molecule has 0 N–H and O–H groups in total. The second-order valence-electron chi connectivity index (χ2n) is 6.20. The standard InChI is InChI=1S/C19H21BrF3N3O2/c1-13(21)9-10-17(27)26(15-7-5-6-14(20)12-15)11-4-2-3-8-16-24-19(18(22)23)25-28-16/h5-7,12,18H,1-4,8-11H2. The van der Waals surface area contributed by atoms with E-state index in [4.69, 9.17) is 4.52 Å². The lowest BCUT2D eigenvalue weighted by molar-refractivity contribution is -0.118. The zero-order chi connectivity index (χ0) is 20.5. The second-order valence-corrected chi connectivity index (χ2v) is 7.12. The first-order valence-electron chi connectivity index (χ1n) is 8.86. The molecular weight excluding hydrogens is 439 g/mol. The molecule has 1 amide bonds. The van der Waals surface area contributed by atoms with Crippen LogP contribution in [0.1, 0.15) is 50.2 Å². The quantitative estimate of drug-likeness (QED) is 0.399. The number of unbranched alkanes of at least 4 members (excludes halogenated alkanes) is 2. The Morgan fingerprint density at radius 2 is 2.04 bits per heavy atom. The molecule has 0 unspecified atom stereocenters. The van der Waals surface area contributed by atoms with Gasteiger partial charge in [-0.05, 0) is 31.0 Å². The lowest BCUT2D eigenvalue weighted by atomic mass is 10.1. The van der Waals surface area contributed by atoms with E-state index in [0.29, 0.717) is 25.8 Å². The third kappa shape index (κ3) is 7.10. The van der Waals surface area contributed by atoms with E-state index in [-0.39, 0.29) is 24.6 Å². The van der Waals surface area contributed by atoms with Gasteiger partial charge in [0.15, 0.2) is 0 Å². The van der Waals surface area contributed by atoms with Crippen molar-refractivity contribution >= 4 is 27.5 Å². The van der Waals surface area contributed by atoms with Crippen molar-refractivity contribution in [3.8, 4) is 0 Å². The van der Waals surface area contributed by atoms with Crippen LogP contribution in [-0.4, -0.2) is 22.6 Å². The van der Waals surface area contributed by atoms with Gasteiger partial charge in [0.2, 0.25) is 17.6 Å². The van der Waals surface area contributed by atoms with Gasteiger partial charge in [0.25, 0.3) is 0 Å². The molecule has 0 radical (unpaired) electrons. The Morgan fingerprint density at radius 1 is 1.25 bits per heavy atom. The molecule has 2 aromatic rings. The maximum atomic E-state index is 12.9. The summed E-state index contributed by atoms with van der Waals surface area (Å²) < 4.78 is 43.4. The van der Waals surface area contributed by atoms with Gasteiger partial charge in [-0.25, -0.2) is 13.2 Å². The summed E-state index contributed by atoms with van der Waals surface area (Å²) in [5, 5.41) is 3.22. The molecular formula is C19H21BrF3N3O2. The summed E-state index contributed by atoms with van der Waals surface area (Å²) in [6.45, 7) is 3.65. The number of amides is 1. The number of allylic oxidation sites excluding steroid dienone is 1. The highest BCUT2D eigenvalue weighted by molar-refractivity contribution is 9.10. The summed E-state index contributed by atoms with van der Waals surface area (Å²) >= 11 is 3.38. The molecule has 0 fully saturated rings. The van der Waals surface area contributed by atoms with Crippen LogP contribution in [0.25, 0.3) is 0 Å². The van der Waals surface area contributed by atoms with Crippen molar-refractivity contribution in [3.63, 3.8) is 0 Å². The number of hydrogen-bond donors (Lipinski definition) is 0. The van der Waals surface area contributed by atoms with Crippen LogP contribution in [0.4, 0.5) is 18.9 Å². The van der Waals surface area contributed by atoms with Gasteiger partial charge in [0.1, 0.15) is 0 Å². The van der Waals surface area contributed by atoms with E-state index >= 15 is 0 Å². The molecule has 5 nitrogen and oxygen atoms in total. The van der Waals surface area contributed by atoms with Crippen LogP contribution in [0.5, 0.6) is 0 Å². The molecule has 1 aromatic carbocycles. The fourth-order valence-corrected chi connectivity index (χ4v) is 2.99. The molecule has 0 spiro atoms. The van der Waals surface area contributed by atoms with Crippen molar-refractivity contribution in [3.05, 3.63) is 52.9 Å². The predicted octanol–water partition coefficient (Wildman–Crippen LogP) is 5.78. The Balaban J connectivity index is 1.87. The molecule has 0 bridgehead atoms. The maximum absolute atomic E-state index is 12.9. The molecule has 152 valence electrons. The van der Waals surface area contributed by atoms with Crippen molar-refractivity contribution in [1.82, 2.24) is 10.1 Å². The lowest BCUT2D eigenvalue weighted by Crippen LogP contribution is -2.31. The smallest absolute Gasteiger partial charge is 0.300 e. The van der Waals surface area contributed by atoms with Gasteiger partial charge in [-0.2, -0.15) is 4.98 Å².